The molecule has 2 aliphatic rings. The molecule has 12 rings (SSSR count). The van der Waals surface area contributed by atoms with Crippen LogP contribution in [0.15, 0.2) is 170 Å². The van der Waals surface area contributed by atoms with Crippen LogP contribution in [0.2, 0.25) is 0 Å². The average Bonchev–Trinajstić information content (AvgIpc) is 1.48. The van der Waals surface area contributed by atoms with Crippen molar-refractivity contribution in [3.05, 3.63) is 172 Å². The lowest BCUT2D eigenvalue weighted by Crippen LogP contribution is -2.22. The predicted octanol–water partition coefficient (Wildman–Crippen LogP) is 14.7. The molecule has 1 saturated carbocycles. The zero-order valence-electron chi connectivity index (χ0n) is 55.0. The second kappa shape index (κ2) is 33.0. The normalized spacial score (nSPS) is 13.2. The number of rotatable bonds is 17. The monoisotopic (exact) mass is 1490 g/mol. The van der Waals surface area contributed by atoms with E-state index in [9.17, 15) is 48.0 Å². The number of sulfone groups is 2. The topological polar surface area (TPSA) is 289 Å². The summed E-state index contributed by atoms with van der Waals surface area (Å²) in [7, 11) is -1.91. The third kappa shape index (κ3) is 20.2. The van der Waals surface area contributed by atoms with Crippen LogP contribution in [0.25, 0.3) is 45.3 Å². The van der Waals surface area contributed by atoms with E-state index in [1.54, 1.807) is 70.7 Å². The molecule has 10 aromatic rings. The van der Waals surface area contributed by atoms with Crippen molar-refractivity contribution in [3.8, 4) is 45.3 Å². The number of halogens is 7. The molecule has 100 heavy (non-hydrogen) atoms. The third-order valence-corrected chi connectivity index (χ3v) is 20.4. The number of thioether (sulfide) groups is 1. The summed E-state index contributed by atoms with van der Waals surface area (Å²) in [5.41, 5.74) is 8.11. The van der Waals surface area contributed by atoms with Crippen molar-refractivity contribution in [2.75, 3.05) is 38.5 Å². The molecule has 0 atom stereocenters. The predicted molar refractivity (Wildman–Crippen MR) is 379 cm³/mol. The molecule has 4 N–H and O–H groups in total. The first kappa shape index (κ1) is 74.5. The molecule has 0 bridgehead atoms. The molecule has 0 saturated heterocycles. The summed E-state index contributed by atoms with van der Waals surface area (Å²) < 4.78 is 127. The Hall–Kier alpha value is -9.73. The van der Waals surface area contributed by atoms with Gasteiger partial charge in [0, 0.05) is 74.0 Å². The van der Waals surface area contributed by atoms with Crippen LogP contribution < -0.4 is 21.3 Å². The van der Waals surface area contributed by atoms with E-state index in [1.165, 1.54) is 105 Å². The van der Waals surface area contributed by atoms with E-state index in [-0.39, 0.29) is 33.8 Å². The Bertz CT molecular complexity index is 4790. The molecule has 524 valence electrons. The maximum atomic E-state index is 13.0. The quantitative estimate of drug-likeness (QED) is 0.0616. The van der Waals surface area contributed by atoms with Crippen LogP contribution in [0.3, 0.4) is 0 Å². The first-order valence-corrected chi connectivity index (χ1v) is 36.2. The second-order valence-corrected chi connectivity index (χ2v) is 29.3. The number of carbonyl (C=O) groups excluding carboxylic acids is 1. The highest BCUT2D eigenvalue weighted by atomic mass is 79.9. The highest BCUT2D eigenvalue weighted by Crippen LogP contribution is 2.38. The zero-order valence-corrected chi connectivity index (χ0v) is 59.1. The van der Waals surface area contributed by atoms with Crippen LogP contribution in [0, 0.1) is 13.8 Å². The fourth-order valence-electron chi connectivity index (χ4n) is 10.4. The number of tetrazole rings is 3. The Morgan fingerprint density at radius 2 is 1.03 bits per heavy atom. The highest BCUT2D eigenvalue weighted by molar-refractivity contribution is 9.10. The van der Waals surface area contributed by atoms with E-state index in [4.69, 9.17) is 0 Å². The summed E-state index contributed by atoms with van der Waals surface area (Å²) in [6.45, 7) is 7.39. The molecule has 1 fully saturated rings. The Morgan fingerprint density at radius 3 is 1.48 bits per heavy atom. The summed E-state index contributed by atoms with van der Waals surface area (Å²) in [6.07, 6.45) is -0.430. The van der Waals surface area contributed by atoms with Gasteiger partial charge in [-0.2, -0.15) is 45.8 Å². The van der Waals surface area contributed by atoms with Gasteiger partial charge >= 0.3 is 12.4 Å². The number of anilines is 6. The molecule has 1 aliphatic carbocycles. The van der Waals surface area contributed by atoms with Gasteiger partial charge in [0.25, 0.3) is 0 Å². The second-order valence-electron chi connectivity index (χ2n) is 22.8. The minimum Gasteiger partial charge on any atom is -0.382 e. The molecule has 0 unspecified atom stereocenters. The molecule has 4 heterocycles. The molecule has 0 spiro atoms. The van der Waals surface area contributed by atoms with E-state index in [1.807, 2.05) is 30.3 Å². The Balaban J connectivity index is 0.000000156. The molecule has 33 heteroatoms. The SMILES string of the molecule is CCS(=O)(=O)c1ccc(NC2CCCCC2)c(-c2nnn(C)n2)c1.CCS(=O)(=O)c1ccc(Nc2cccc(C(F)(F)F)c2)c(-c2nnn(C)n2)c1.Cc1cccc(C)c1-c1ccc(NC(=O)CSC2=NN=CC2)cc1.Cn1nnc(-c2cc(Br)ccc2Nc2cccc(C(F)(F)F)c2)n1. The summed E-state index contributed by atoms with van der Waals surface area (Å²) in [4.78, 5) is 16.2. The van der Waals surface area contributed by atoms with Crippen molar-refractivity contribution in [2.24, 2.45) is 31.3 Å². The van der Waals surface area contributed by atoms with E-state index < -0.39 is 43.2 Å². The number of benzene rings is 7. The van der Waals surface area contributed by atoms with Crippen LogP contribution in [0.4, 0.5) is 60.5 Å². The molecule has 0 radical (unpaired) electrons. The number of nitrogens with one attached hydrogen (secondary N) is 4. The fraction of sp³-hybridized carbons (Fsp3) is 0.284. The first-order chi connectivity index (χ1) is 47.5. The van der Waals surface area contributed by atoms with Crippen LogP contribution in [-0.4, -0.2) is 118 Å². The van der Waals surface area contributed by atoms with Crippen LogP contribution in [0.5, 0.6) is 0 Å². The standard InChI is InChI=1S/C19H19N3OS.C17H16F3N5O2S.C16H23N5O2S.C15H11BrF3N5/c1-13-4-3-5-14(2)19(13)15-6-8-16(9-7-15)21-17(23)12-24-18-10-11-20-22-18;1-3-28(26,27)13-7-8-15(14(10-13)16-22-24-25(2)23-16)21-12-6-4-5-11(9-12)17(18,19)20;1-3-24(22,23)13-9-10-15(17-12-7-5-4-6-8-12)14(11-13)16-18-20-21(2)19-16;1-24-22-14(21-23-24)12-8-10(16)5-6-13(12)20-11-4-2-3-9(7-11)15(17,18)19/h3-9,11H,10,12H2,1-2H3,(H,21,23);4-10,21H,3H2,1-2H3;9-12,17H,3-8H2,1-2H3;2-8,20H,1H3. The van der Waals surface area contributed by atoms with Gasteiger partial charge in [-0.25, -0.2) is 16.8 Å². The van der Waals surface area contributed by atoms with E-state index in [2.05, 4.69) is 126 Å². The van der Waals surface area contributed by atoms with Gasteiger partial charge in [-0.1, -0.05) is 103 Å². The fourth-order valence-corrected chi connectivity index (χ4v) is 13.2. The first-order valence-electron chi connectivity index (χ1n) is 31.1. The van der Waals surface area contributed by atoms with E-state index >= 15 is 0 Å². The number of amides is 1. The lowest BCUT2D eigenvalue weighted by Gasteiger charge is -2.25. The van der Waals surface area contributed by atoms with Gasteiger partial charge in [0.15, 0.2) is 19.7 Å². The highest BCUT2D eigenvalue weighted by Gasteiger charge is 2.32. The van der Waals surface area contributed by atoms with Crippen molar-refractivity contribution in [1.82, 2.24) is 60.6 Å². The van der Waals surface area contributed by atoms with Gasteiger partial charge in [0.1, 0.15) is 5.04 Å². The smallest absolute Gasteiger partial charge is 0.382 e. The van der Waals surface area contributed by atoms with E-state index in [0.717, 1.165) is 70.0 Å². The summed E-state index contributed by atoms with van der Waals surface area (Å²) in [5, 5.41) is 56.7. The maximum absolute atomic E-state index is 13.0. The van der Waals surface area contributed by atoms with Crippen LogP contribution in [0.1, 0.15) is 74.6 Å². The van der Waals surface area contributed by atoms with Crippen molar-refractivity contribution >= 4 is 98.7 Å². The van der Waals surface area contributed by atoms with Gasteiger partial charge < -0.3 is 21.3 Å². The minimum absolute atomic E-state index is 0.0329. The van der Waals surface area contributed by atoms with Crippen LogP contribution in [-0.2, 0) is 58.0 Å². The van der Waals surface area contributed by atoms with Crippen molar-refractivity contribution in [2.45, 2.75) is 94.4 Å². The van der Waals surface area contributed by atoms with Crippen molar-refractivity contribution in [1.29, 1.82) is 0 Å². The minimum atomic E-state index is -4.48. The number of hydrogen-bond donors (Lipinski definition) is 4. The van der Waals surface area contributed by atoms with Crippen molar-refractivity contribution < 1.29 is 48.0 Å². The van der Waals surface area contributed by atoms with Gasteiger partial charge in [-0.15, -0.1) is 35.7 Å². The Kier molecular flexibility index (Phi) is 24.6. The summed E-state index contributed by atoms with van der Waals surface area (Å²) in [6, 6.07) is 39.0. The molecular weight excluding hydrogens is 1430 g/mol. The van der Waals surface area contributed by atoms with Crippen LogP contribution >= 0.6 is 27.7 Å². The summed E-state index contributed by atoms with van der Waals surface area (Å²) in [5.74, 6) is 1.23. The molecular formula is C67H69BrF6N18O5S3. The molecule has 1 aliphatic heterocycles. The van der Waals surface area contributed by atoms with Crippen molar-refractivity contribution in [3.63, 3.8) is 0 Å². The Morgan fingerprint density at radius 1 is 0.570 bits per heavy atom. The lowest BCUT2D eigenvalue weighted by molar-refractivity contribution is -0.138. The Labute approximate surface area is 585 Å². The molecule has 1 amide bonds. The lowest BCUT2D eigenvalue weighted by atomic mass is 9.95. The number of aromatic nitrogens is 12. The van der Waals surface area contributed by atoms with Gasteiger partial charge in [-0.05, 0) is 168 Å². The molecule has 3 aromatic heterocycles. The number of aryl methyl sites for hydroxylation is 5. The molecule has 23 nitrogen and oxygen atoms in total. The van der Waals surface area contributed by atoms with Gasteiger partial charge in [0.05, 0.1) is 59.3 Å². The third-order valence-electron chi connectivity index (χ3n) is 15.4. The number of carbonyl (C=O) groups is 1. The van der Waals surface area contributed by atoms with Gasteiger partial charge in [-0.3, -0.25) is 4.79 Å². The van der Waals surface area contributed by atoms with E-state index in [0.29, 0.717) is 62.1 Å². The number of alkyl halides is 6. The maximum Gasteiger partial charge on any atom is 0.416 e. The number of hydrogen-bond acceptors (Lipinski definition) is 20. The van der Waals surface area contributed by atoms with Gasteiger partial charge in [0.2, 0.25) is 23.4 Å². The number of nitrogens with zero attached hydrogens (tertiary/aromatic N) is 14. The largest absolute Gasteiger partial charge is 0.416 e. The summed E-state index contributed by atoms with van der Waals surface area (Å²) >= 11 is 4.79. The zero-order chi connectivity index (χ0) is 71.9. The average molecular weight is 1500 g/mol. The molecule has 7 aromatic carbocycles.